The standard InChI is InChI=1S/C17H14ClN3O4/c18-14-7-5-12(6-8-14)16(23)19-10-15(22)21-20-9-11-1-3-13(4-2-11)17(24)25/h1-9H,10H2,(H,19,23)(H,21,22)(H,24,25). The van der Waals surface area contributed by atoms with Gasteiger partial charge in [-0.2, -0.15) is 5.10 Å². The van der Waals surface area contributed by atoms with Crippen molar-refractivity contribution in [3.63, 3.8) is 0 Å². The van der Waals surface area contributed by atoms with E-state index in [1.807, 2.05) is 0 Å². The fraction of sp³-hybridized carbons (Fsp3) is 0.0588. The van der Waals surface area contributed by atoms with Crippen LogP contribution in [0.3, 0.4) is 0 Å². The third kappa shape index (κ3) is 5.74. The summed E-state index contributed by atoms with van der Waals surface area (Å²) in [5.74, 6) is -1.92. The van der Waals surface area contributed by atoms with E-state index >= 15 is 0 Å². The minimum atomic E-state index is -1.02. The Balaban J connectivity index is 1.79. The molecule has 0 aromatic heterocycles. The third-order valence-corrected chi connectivity index (χ3v) is 3.33. The second kappa shape index (κ2) is 8.60. The number of carboxylic acid groups (broad SMARTS) is 1. The zero-order valence-electron chi connectivity index (χ0n) is 12.9. The number of rotatable bonds is 6. The van der Waals surface area contributed by atoms with Crippen molar-refractivity contribution in [2.24, 2.45) is 5.10 Å². The van der Waals surface area contributed by atoms with Gasteiger partial charge < -0.3 is 10.4 Å². The molecule has 2 rings (SSSR count). The van der Waals surface area contributed by atoms with Crippen molar-refractivity contribution in [3.05, 3.63) is 70.2 Å². The van der Waals surface area contributed by atoms with E-state index in [-0.39, 0.29) is 12.1 Å². The van der Waals surface area contributed by atoms with Gasteiger partial charge in [0.2, 0.25) is 0 Å². The highest BCUT2D eigenvalue weighted by Crippen LogP contribution is 2.09. The predicted octanol–water partition coefficient (Wildman–Crippen LogP) is 1.92. The Morgan fingerprint density at radius 1 is 1.00 bits per heavy atom. The van der Waals surface area contributed by atoms with Gasteiger partial charge in [0.1, 0.15) is 0 Å². The molecular formula is C17H14ClN3O4. The van der Waals surface area contributed by atoms with Crippen LogP contribution in [-0.2, 0) is 4.79 Å². The molecule has 25 heavy (non-hydrogen) atoms. The highest BCUT2D eigenvalue weighted by molar-refractivity contribution is 6.30. The van der Waals surface area contributed by atoms with Crippen molar-refractivity contribution in [2.45, 2.75) is 0 Å². The van der Waals surface area contributed by atoms with Crippen LogP contribution in [0.15, 0.2) is 53.6 Å². The van der Waals surface area contributed by atoms with Crippen molar-refractivity contribution in [3.8, 4) is 0 Å². The number of carbonyl (C=O) groups excluding carboxylic acids is 2. The largest absolute Gasteiger partial charge is 0.478 e. The molecular weight excluding hydrogens is 346 g/mol. The Kier molecular flexibility index (Phi) is 6.25. The number of hydrogen-bond acceptors (Lipinski definition) is 4. The third-order valence-electron chi connectivity index (χ3n) is 3.08. The van der Waals surface area contributed by atoms with Crippen molar-refractivity contribution < 1.29 is 19.5 Å². The Bertz CT molecular complexity index is 802. The minimum Gasteiger partial charge on any atom is -0.478 e. The summed E-state index contributed by atoms with van der Waals surface area (Å²) in [5, 5.41) is 15.5. The number of benzene rings is 2. The maximum Gasteiger partial charge on any atom is 0.335 e. The highest BCUT2D eigenvalue weighted by atomic mass is 35.5. The maximum absolute atomic E-state index is 11.8. The van der Waals surface area contributed by atoms with Gasteiger partial charge in [-0.15, -0.1) is 0 Å². The molecule has 0 fully saturated rings. The van der Waals surface area contributed by atoms with E-state index in [9.17, 15) is 14.4 Å². The van der Waals surface area contributed by atoms with Gasteiger partial charge in [0.25, 0.3) is 11.8 Å². The van der Waals surface area contributed by atoms with Crippen LogP contribution in [-0.4, -0.2) is 35.6 Å². The van der Waals surface area contributed by atoms with E-state index in [0.29, 0.717) is 16.1 Å². The van der Waals surface area contributed by atoms with Crippen LogP contribution in [0, 0.1) is 0 Å². The molecule has 2 aromatic rings. The average molecular weight is 360 g/mol. The number of carbonyl (C=O) groups is 3. The topological polar surface area (TPSA) is 108 Å². The molecule has 0 saturated carbocycles. The second-order valence-electron chi connectivity index (χ2n) is 4.91. The molecule has 0 radical (unpaired) electrons. The van der Waals surface area contributed by atoms with Gasteiger partial charge in [-0.25, -0.2) is 10.2 Å². The summed E-state index contributed by atoms with van der Waals surface area (Å²) >= 11 is 5.73. The molecule has 0 saturated heterocycles. The molecule has 7 nitrogen and oxygen atoms in total. The van der Waals surface area contributed by atoms with Crippen LogP contribution in [0.2, 0.25) is 5.02 Å². The Labute approximate surface area is 148 Å². The number of hydrogen-bond donors (Lipinski definition) is 3. The lowest BCUT2D eigenvalue weighted by Gasteiger charge is -2.04. The molecule has 128 valence electrons. The number of halogens is 1. The first-order valence-corrected chi connectivity index (χ1v) is 7.52. The number of hydrazone groups is 1. The summed E-state index contributed by atoms with van der Waals surface area (Å²) in [6.45, 7) is -0.239. The minimum absolute atomic E-state index is 0.158. The van der Waals surface area contributed by atoms with Crippen LogP contribution in [0.25, 0.3) is 0 Å². The van der Waals surface area contributed by atoms with Gasteiger partial charge in [-0.1, -0.05) is 23.7 Å². The molecule has 8 heteroatoms. The molecule has 0 atom stereocenters. The lowest BCUT2D eigenvalue weighted by atomic mass is 10.1. The van der Waals surface area contributed by atoms with Crippen LogP contribution in [0.1, 0.15) is 26.3 Å². The Morgan fingerprint density at radius 3 is 2.20 bits per heavy atom. The molecule has 0 aliphatic heterocycles. The van der Waals surface area contributed by atoms with E-state index in [1.54, 1.807) is 36.4 Å². The van der Waals surface area contributed by atoms with Gasteiger partial charge in [-0.3, -0.25) is 9.59 Å². The van der Waals surface area contributed by atoms with Gasteiger partial charge in [0, 0.05) is 10.6 Å². The summed E-state index contributed by atoms with van der Waals surface area (Å²) in [6, 6.07) is 12.2. The molecule has 0 aliphatic rings. The molecule has 0 unspecified atom stereocenters. The van der Waals surface area contributed by atoms with Crippen LogP contribution >= 0.6 is 11.6 Å². The van der Waals surface area contributed by atoms with E-state index in [4.69, 9.17) is 16.7 Å². The quantitative estimate of drug-likeness (QED) is 0.541. The summed E-state index contributed by atoms with van der Waals surface area (Å²) in [5.41, 5.74) is 3.43. The van der Waals surface area contributed by atoms with Crippen LogP contribution < -0.4 is 10.7 Å². The Morgan fingerprint density at radius 2 is 1.60 bits per heavy atom. The van der Waals surface area contributed by atoms with Gasteiger partial charge in [0.15, 0.2) is 0 Å². The number of aromatic carboxylic acids is 1. The number of nitrogens with zero attached hydrogens (tertiary/aromatic N) is 1. The second-order valence-corrected chi connectivity index (χ2v) is 5.35. The SMILES string of the molecule is O=C(CNC(=O)c1ccc(Cl)cc1)NN=Cc1ccc(C(=O)O)cc1. The first kappa shape index (κ1) is 18.2. The highest BCUT2D eigenvalue weighted by Gasteiger charge is 2.07. The summed E-state index contributed by atoms with van der Waals surface area (Å²) in [6.07, 6.45) is 1.37. The number of amides is 2. The first-order chi connectivity index (χ1) is 12.0. The summed E-state index contributed by atoms with van der Waals surface area (Å²) in [7, 11) is 0. The zero-order valence-corrected chi connectivity index (χ0v) is 13.7. The van der Waals surface area contributed by atoms with Crippen LogP contribution in [0.5, 0.6) is 0 Å². The predicted molar refractivity (Wildman–Crippen MR) is 92.9 cm³/mol. The lowest BCUT2D eigenvalue weighted by Crippen LogP contribution is -2.34. The van der Waals surface area contributed by atoms with E-state index < -0.39 is 17.8 Å². The average Bonchev–Trinajstić information content (AvgIpc) is 2.60. The van der Waals surface area contributed by atoms with Crippen LogP contribution in [0.4, 0.5) is 0 Å². The lowest BCUT2D eigenvalue weighted by molar-refractivity contribution is -0.120. The number of carboxylic acids is 1. The zero-order chi connectivity index (χ0) is 18.2. The van der Waals surface area contributed by atoms with Gasteiger partial charge >= 0.3 is 5.97 Å². The molecule has 0 aliphatic carbocycles. The fourth-order valence-electron chi connectivity index (χ4n) is 1.79. The summed E-state index contributed by atoms with van der Waals surface area (Å²) in [4.78, 5) is 34.2. The van der Waals surface area contributed by atoms with Crippen molar-refractivity contribution >= 4 is 35.6 Å². The monoisotopic (exact) mass is 359 g/mol. The van der Waals surface area contributed by atoms with E-state index in [0.717, 1.165) is 0 Å². The summed E-state index contributed by atoms with van der Waals surface area (Å²) < 4.78 is 0. The molecule has 0 spiro atoms. The van der Waals surface area contributed by atoms with Crippen molar-refractivity contribution in [2.75, 3.05) is 6.54 Å². The van der Waals surface area contributed by atoms with Gasteiger partial charge in [0.05, 0.1) is 18.3 Å². The molecule has 2 aromatic carbocycles. The molecule has 0 heterocycles. The normalized spacial score (nSPS) is 10.4. The number of nitrogens with one attached hydrogen (secondary N) is 2. The molecule has 2 amide bonds. The molecule has 3 N–H and O–H groups in total. The molecule has 0 bridgehead atoms. The van der Waals surface area contributed by atoms with E-state index in [1.165, 1.54) is 18.3 Å². The van der Waals surface area contributed by atoms with E-state index in [2.05, 4.69) is 15.8 Å². The van der Waals surface area contributed by atoms with Crippen molar-refractivity contribution in [1.82, 2.24) is 10.7 Å². The van der Waals surface area contributed by atoms with Gasteiger partial charge in [-0.05, 0) is 42.0 Å². The fourth-order valence-corrected chi connectivity index (χ4v) is 1.92. The Hall–Kier alpha value is -3.19. The maximum atomic E-state index is 11.8. The first-order valence-electron chi connectivity index (χ1n) is 7.15. The smallest absolute Gasteiger partial charge is 0.335 e. The van der Waals surface area contributed by atoms with Crippen molar-refractivity contribution in [1.29, 1.82) is 0 Å².